The molecular weight excluding hydrogens is 353 g/mol. The summed E-state index contributed by atoms with van der Waals surface area (Å²) in [6, 6.07) is 11.1. The van der Waals surface area contributed by atoms with Crippen molar-refractivity contribution in [2.75, 3.05) is 13.1 Å². The van der Waals surface area contributed by atoms with Crippen molar-refractivity contribution in [2.45, 2.75) is 10.8 Å². The number of para-hydroxylation sites is 2. The fourth-order valence-electron chi connectivity index (χ4n) is 2.76. The summed E-state index contributed by atoms with van der Waals surface area (Å²) in [7, 11) is -3.67. The molecule has 0 unspecified atom stereocenters. The Balaban J connectivity index is 1.54. The number of nitrogens with zero attached hydrogens (tertiary/aromatic N) is 2. The molecular formula is C16H13ClFN3O2S. The summed E-state index contributed by atoms with van der Waals surface area (Å²) < 4.78 is 39.6. The maximum absolute atomic E-state index is 13.2. The average Bonchev–Trinajstić information content (AvgIpc) is 2.91. The van der Waals surface area contributed by atoms with Crippen LogP contribution in [0.15, 0.2) is 47.4 Å². The highest BCUT2D eigenvalue weighted by Crippen LogP contribution is 2.32. The first-order valence-electron chi connectivity index (χ1n) is 7.35. The van der Waals surface area contributed by atoms with Crippen LogP contribution in [0.25, 0.3) is 11.0 Å². The summed E-state index contributed by atoms with van der Waals surface area (Å²) in [5, 5.41) is -0.203. The van der Waals surface area contributed by atoms with Gasteiger partial charge in [0.05, 0.1) is 21.0 Å². The maximum Gasteiger partial charge on any atom is 0.243 e. The Bertz CT molecular complexity index is 996. The van der Waals surface area contributed by atoms with Crippen LogP contribution in [0.3, 0.4) is 0 Å². The van der Waals surface area contributed by atoms with Crippen LogP contribution in [-0.2, 0) is 10.0 Å². The van der Waals surface area contributed by atoms with Gasteiger partial charge < -0.3 is 4.98 Å². The lowest BCUT2D eigenvalue weighted by Crippen LogP contribution is -2.48. The van der Waals surface area contributed by atoms with Gasteiger partial charge in [0, 0.05) is 19.0 Å². The molecule has 24 heavy (non-hydrogen) atoms. The number of imidazole rings is 1. The van der Waals surface area contributed by atoms with Gasteiger partial charge in [-0.15, -0.1) is 0 Å². The molecule has 0 aliphatic carbocycles. The van der Waals surface area contributed by atoms with Gasteiger partial charge in [0.2, 0.25) is 10.0 Å². The quantitative estimate of drug-likeness (QED) is 0.775. The Morgan fingerprint density at radius 2 is 1.96 bits per heavy atom. The van der Waals surface area contributed by atoms with Crippen molar-refractivity contribution in [2.24, 2.45) is 0 Å². The molecule has 0 amide bonds. The fraction of sp³-hybridized carbons (Fsp3) is 0.188. The Kier molecular flexibility index (Phi) is 3.59. The van der Waals surface area contributed by atoms with Crippen LogP contribution in [0.5, 0.6) is 0 Å². The van der Waals surface area contributed by atoms with E-state index in [-0.39, 0.29) is 15.8 Å². The van der Waals surface area contributed by atoms with Gasteiger partial charge in [-0.1, -0.05) is 23.7 Å². The lowest BCUT2D eigenvalue weighted by atomic mass is 10.0. The fourth-order valence-corrected chi connectivity index (χ4v) is 4.56. The molecule has 1 aliphatic rings. The average molecular weight is 366 g/mol. The van der Waals surface area contributed by atoms with Crippen LogP contribution in [0.1, 0.15) is 11.7 Å². The summed E-state index contributed by atoms with van der Waals surface area (Å²) in [4.78, 5) is 7.72. The number of rotatable bonds is 3. The molecule has 124 valence electrons. The molecule has 3 aromatic rings. The van der Waals surface area contributed by atoms with Crippen molar-refractivity contribution in [1.82, 2.24) is 14.3 Å². The van der Waals surface area contributed by atoms with Gasteiger partial charge in [-0.3, -0.25) is 0 Å². The van der Waals surface area contributed by atoms with E-state index in [2.05, 4.69) is 9.97 Å². The van der Waals surface area contributed by atoms with Crippen LogP contribution < -0.4 is 0 Å². The van der Waals surface area contributed by atoms with Crippen molar-refractivity contribution >= 4 is 32.7 Å². The molecule has 2 heterocycles. The summed E-state index contributed by atoms with van der Waals surface area (Å²) in [6.07, 6.45) is 0. The molecule has 2 aromatic carbocycles. The Morgan fingerprint density at radius 3 is 2.67 bits per heavy atom. The zero-order valence-electron chi connectivity index (χ0n) is 12.4. The molecule has 0 spiro atoms. The van der Waals surface area contributed by atoms with E-state index >= 15 is 0 Å². The molecule has 4 rings (SSSR count). The highest BCUT2D eigenvalue weighted by Gasteiger charge is 2.39. The van der Waals surface area contributed by atoms with E-state index in [1.165, 1.54) is 10.4 Å². The minimum Gasteiger partial charge on any atom is -0.342 e. The molecule has 1 aliphatic heterocycles. The second-order valence-corrected chi connectivity index (χ2v) is 8.08. The first kappa shape index (κ1) is 15.6. The van der Waals surface area contributed by atoms with E-state index in [0.717, 1.165) is 29.0 Å². The molecule has 0 bridgehead atoms. The smallest absolute Gasteiger partial charge is 0.243 e. The number of sulfonamides is 1. The predicted molar refractivity (Wildman–Crippen MR) is 89.0 cm³/mol. The van der Waals surface area contributed by atoms with Gasteiger partial charge in [0.15, 0.2) is 0 Å². The highest BCUT2D eigenvalue weighted by molar-refractivity contribution is 7.89. The lowest BCUT2D eigenvalue weighted by Gasteiger charge is -2.36. The number of H-pyrrole nitrogens is 1. The molecule has 1 aromatic heterocycles. The number of nitrogens with one attached hydrogen (secondary N) is 1. The van der Waals surface area contributed by atoms with E-state index in [1.807, 2.05) is 24.3 Å². The van der Waals surface area contributed by atoms with Crippen LogP contribution in [-0.4, -0.2) is 35.8 Å². The summed E-state index contributed by atoms with van der Waals surface area (Å²) >= 11 is 5.68. The topological polar surface area (TPSA) is 66.1 Å². The predicted octanol–water partition coefficient (Wildman–Crippen LogP) is 3.14. The number of hydrogen-bond donors (Lipinski definition) is 1. The number of aromatic nitrogens is 2. The largest absolute Gasteiger partial charge is 0.342 e. The van der Waals surface area contributed by atoms with E-state index in [1.54, 1.807) is 0 Å². The van der Waals surface area contributed by atoms with Crippen LogP contribution in [0.2, 0.25) is 5.02 Å². The number of fused-ring (bicyclic) bond motifs is 1. The third-order valence-electron chi connectivity index (χ3n) is 4.17. The second-order valence-electron chi connectivity index (χ2n) is 5.73. The summed E-state index contributed by atoms with van der Waals surface area (Å²) in [5.74, 6) is 0.155. The standard InChI is InChI=1S/C16H13ClFN3O2S/c17-12-7-11(5-6-13(12)18)24(22,23)21-8-10(9-21)16-19-14-3-1-2-4-15(14)20-16/h1-7,10H,8-9H2,(H,19,20). The first-order chi connectivity index (χ1) is 11.4. The monoisotopic (exact) mass is 365 g/mol. The molecule has 0 saturated carbocycles. The normalized spacial score (nSPS) is 16.4. The highest BCUT2D eigenvalue weighted by atomic mass is 35.5. The molecule has 1 saturated heterocycles. The Morgan fingerprint density at radius 1 is 1.21 bits per heavy atom. The van der Waals surface area contributed by atoms with Gasteiger partial charge in [-0.2, -0.15) is 4.31 Å². The minimum absolute atomic E-state index is 0.00282. The molecule has 8 heteroatoms. The Labute approximate surface area is 143 Å². The number of halogens is 2. The van der Waals surface area contributed by atoms with Gasteiger partial charge >= 0.3 is 0 Å². The maximum atomic E-state index is 13.2. The Hall–Kier alpha value is -1.96. The third-order valence-corrected chi connectivity index (χ3v) is 6.29. The zero-order chi connectivity index (χ0) is 16.9. The van der Waals surface area contributed by atoms with Crippen LogP contribution in [0.4, 0.5) is 4.39 Å². The zero-order valence-corrected chi connectivity index (χ0v) is 14.0. The van der Waals surface area contributed by atoms with Gasteiger partial charge in [-0.25, -0.2) is 17.8 Å². The SMILES string of the molecule is O=S(=O)(c1ccc(F)c(Cl)c1)N1CC(c2nc3ccccc3[nH]2)C1. The van der Waals surface area contributed by atoms with E-state index in [4.69, 9.17) is 11.6 Å². The van der Waals surface area contributed by atoms with Gasteiger partial charge in [0.1, 0.15) is 11.6 Å². The molecule has 0 atom stereocenters. The van der Waals surface area contributed by atoms with Crippen molar-refractivity contribution < 1.29 is 12.8 Å². The number of benzene rings is 2. The molecule has 5 nitrogen and oxygen atoms in total. The molecule has 0 radical (unpaired) electrons. The number of aromatic amines is 1. The minimum atomic E-state index is -3.67. The number of hydrogen-bond acceptors (Lipinski definition) is 3. The molecule has 1 N–H and O–H groups in total. The van der Waals surface area contributed by atoms with Crippen molar-refractivity contribution in [1.29, 1.82) is 0 Å². The summed E-state index contributed by atoms with van der Waals surface area (Å²) in [5.41, 5.74) is 1.79. The second kappa shape index (κ2) is 5.54. The van der Waals surface area contributed by atoms with E-state index in [0.29, 0.717) is 13.1 Å². The van der Waals surface area contributed by atoms with E-state index in [9.17, 15) is 12.8 Å². The van der Waals surface area contributed by atoms with Gasteiger partial charge in [-0.05, 0) is 30.3 Å². The van der Waals surface area contributed by atoms with Crippen molar-refractivity contribution in [3.63, 3.8) is 0 Å². The summed E-state index contributed by atoms with van der Waals surface area (Å²) in [6.45, 7) is 0.661. The van der Waals surface area contributed by atoms with Gasteiger partial charge in [0.25, 0.3) is 0 Å². The molecule has 1 fully saturated rings. The van der Waals surface area contributed by atoms with Crippen LogP contribution in [0, 0.1) is 5.82 Å². The van der Waals surface area contributed by atoms with E-state index < -0.39 is 15.8 Å². The third kappa shape index (κ3) is 2.49. The first-order valence-corrected chi connectivity index (χ1v) is 9.17. The van der Waals surface area contributed by atoms with Crippen molar-refractivity contribution in [3.8, 4) is 0 Å². The lowest BCUT2D eigenvalue weighted by molar-refractivity contribution is 0.257. The van der Waals surface area contributed by atoms with Crippen molar-refractivity contribution in [3.05, 3.63) is 59.1 Å². The van der Waals surface area contributed by atoms with Crippen LogP contribution >= 0.6 is 11.6 Å².